The number of nitrogens with one attached hydrogen (secondary N) is 2. The minimum absolute atomic E-state index is 0.430. The molecule has 1 atom stereocenters. The maximum atomic E-state index is 4.53. The molecule has 2 N–H and O–H groups in total. The number of pyridine rings is 1. The second-order valence-electron chi connectivity index (χ2n) is 5.37. The van der Waals surface area contributed by atoms with Gasteiger partial charge >= 0.3 is 0 Å². The summed E-state index contributed by atoms with van der Waals surface area (Å²) in [4.78, 5) is 11.9. The smallest absolute Gasteiger partial charge is 0.103 e. The molecule has 0 radical (unpaired) electrons. The molecule has 0 spiro atoms. The molecule has 2 aromatic rings. The van der Waals surface area contributed by atoms with E-state index in [-0.39, 0.29) is 0 Å². The van der Waals surface area contributed by atoms with Gasteiger partial charge in [-0.15, -0.1) is 0 Å². The Morgan fingerprint density at radius 1 is 1.32 bits per heavy atom. The van der Waals surface area contributed by atoms with Gasteiger partial charge in [0.25, 0.3) is 0 Å². The van der Waals surface area contributed by atoms with Crippen LogP contribution >= 0.6 is 0 Å². The number of nitrogens with zero attached hydrogens (tertiary/aromatic N) is 2. The largest absolute Gasteiger partial charge is 0.346 e. The minimum atomic E-state index is 0.430. The average Bonchev–Trinajstić information content (AvgIpc) is 3.18. The fourth-order valence-electron chi connectivity index (χ4n) is 2.59. The molecule has 3 rings (SSSR count). The molecule has 4 nitrogen and oxygen atoms in total. The lowest BCUT2D eigenvalue weighted by Crippen LogP contribution is -2.23. The van der Waals surface area contributed by atoms with Crippen LogP contribution in [0.3, 0.4) is 0 Å². The van der Waals surface area contributed by atoms with E-state index < -0.39 is 0 Å². The Hall–Kier alpha value is -1.68. The molecule has 19 heavy (non-hydrogen) atoms. The highest BCUT2D eigenvalue weighted by atomic mass is 15.0. The van der Waals surface area contributed by atoms with Crippen LogP contribution in [0.15, 0.2) is 24.5 Å². The molecular formula is C15H20N4. The van der Waals surface area contributed by atoms with Crippen LogP contribution in [0.25, 0.3) is 0 Å². The highest BCUT2D eigenvalue weighted by molar-refractivity contribution is 5.19. The summed E-state index contributed by atoms with van der Waals surface area (Å²) >= 11 is 0. The number of rotatable bonds is 5. The van der Waals surface area contributed by atoms with E-state index in [1.54, 1.807) is 0 Å². The van der Waals surface area contributed by atoms with Gasteiger partial charge < -0.3 is 10.3 Å². The SMILES string of the molecule is Cc1nc(CNC(c2ccncc2)C2CC2)c(C)[nH]1. The van der Waals surface area contributed by atoms with Crippen molar-refractivity contribution in [1.82, 2.24) is 20.3 Å². The molecule has 1 fully saturated rings. The van der Waals surface area contributed by atoms with E-state index in [0.29, 0.717) is 6.04 Å². The summed E-state index contributed by atoms with van der Waals surface area (Å²) in [7, 11) is 0. The van der Waals surface area contributed by atoms with Crippen molar-refractivity contribution in [3.05, 3.63) is 47.3 Å². The lowest BCUT2D eigenvalue weighted by molar-refractivity contribution is 0.476. The number of aromatic amines is 1. The topological polar surface area (TPSA) is 53.6 Å². The van der Waals surface area contributed by atoms with E-state index in [4.69, 9.17) is 0 Å². The summed E-state index contributed by atoms with van der Waals surface area (Å²) in [6.45, 7) is 4.90. The van der Waals surface area contributed by atoms with Crippen LogP contribution in [0.2, 0.25) is 0 Å². The zero-order chi connectivity index (χ0) is 13.2. The molecule has 2 heterocycles. The first-order valence-electron chi connectivity index (χ1n) is 6.89. The second kappa shape index (κ2) is 5.13. The number of aromatic nitrogens is 3. The van der Waals surface area contributed by atoms with E-state index in [0.717, 1.165) is 29.7 Å². The van der Waals surface area contributed by atoms with Crippen LogP contribution < -0.4 is 5.32 Å². The van der Waals surface area contributed by atoms with Gasteiger partial charge in [0.05, 0.1) is 5.69 Å². The maximum absolute atomic E-state index is 4.53. The Bertz CT molecular complexity index is 543. The van der Waals surface area contributed by atoms with Crippen molar-refractivity contribution >= 4 is 0 Å². The van der Waals surface area contributed by atoms with Crippen LogP contribution in [-0.4, -0.2) is 15.0 Å². The third-order valence-electron chi connectivity index (χ3n) is 3.75. The van der Waals surface area contributed by atoms with Gasteiger partial charge in [-0.3, -0.25) is 4.98 Å². The van der Waals surface area contributed by atoms with Crippen molar-refractivity contribution in [2.75, 3.05) is 0 Å². The Labute approximate surface area is 113 Å². The number of hydrogen-bond donors (Lipinski definition) is 2. The molecule has 100 valence electrons. The Morgan fingerprint density at radius 3 is 2.63 bits per heavy atom. The van der Waals surface area contributed by atoms with E-state index >= 15 is 0 Å². The monoisotopic (exact) mass is 256 g/mol. The van der Waals surface area contributed by atoms with Crippen molar-refractivity contribution in [3.8, 4) is 0 Å². The molecular weight excluding hydrogens is 236 g/mol. The van der Waals surface area contributed by atoms with Gasteiger partial charge in [-0.25, -0.2) is 4.98 Å². The third-order valence-corrected chi connectivity index (χ3v) is 3.75. The second-order valence-corrected chi connectivity index (χ2v) is 5.37. The molecule has 2 aromatic heterocycles. The fraction of sp³-hybridized carbons (Fsp3) is 0.467. The normalized spacial score (nSPS) is 16.5. The Morgan fingerprint density at radius 2 is 2.05 bits per heavy atom. The summed E-state index contributed by atoms with van der Waals surface area (Å²) in [6, 6.07) is 4.65. The summed E-state index contributed by atoms with van der Waals surface area (Å²) in [6.07, 6.45) is 6.38. The lowest BCUT2D eigenvalue weighted by atomic mass is 10.0. The first kappa shape index (κ1) is 12.4. The van der Waals surface area contributed by atoms with Gasteiger partial charge in [0.1, 0.15) is 5.82 Å². The zero-order valence-corrected chi connectivity index (χ0v) is 11.5. The quantitative estimate of drug-likeness (QED) is 0.864. The molecule has 0 bridgehead atoms. The molecule has 1 saturated carbocycles. The van der Waals surface area contributed by atoms with E-state index in [1.165, 1.54) is 18.4 Å². The number of H-pyrrole nitrogens is 1. The van der Waals surface area contributed by atoms with Gasteiger partial charge in [-0.05, 0) is 50.3 Å². The number of imidazole rings is 1. The lowest BCUT2D eigenvalue weighted by Gasteiger charge is -2.18. The van der Waals surface area contributed by atoms with E-state index in [9.17, 15) is 0 Å². The molecule has 1 aliphatic carbocycles. The zero-order valence-electron chi connectivity index (χ0n) is 11.5. The van der Waals surface area contributed by atoms with Crippen LogP contribution in [0.1, 0.15) is 41.7 Å². The van der Waals surface area contributed by atoms with Crippen molar-refractivity contribution in [1.29, 1.82) is 0 Å². The summed E-state index contributed by atoms with van der Waals surface area (Å²) in [5.41, 5.74) is 3.62. The predicted molar refractivity (Wildman–Crippen MR) is 74.6 cm³/mol. The number of aryl methyl sites for hydroxylation is 2. The molecule has 1 unspecified atom stereocenters. The van der Waals surface area contributed by atoms with Gasteiger partial charge in [-0.2, -0.15) is 0 Å². The summed E-state index contributed by atoms with van der Waals surface area (Å²) in [5.74, 6) is 1.75. The van der Waals surface area contributed by atoms with Crippen molar-refractivity contribution < 1.29 is 0 Å². The molecule has 1 aliphatic rings. The van der Waals surface area contributed by atoms with E-state index in [1.807, 2.05) is 19.3 Å². The molecule has 0 saturated heterocycles. The Balaban J connectivity index is 1.71. The first-order valence-corrected chi connectivity index (χ1v) is 6.89. The van der Waals surface area contributed by atoms with Crippen molar-refractivity contribution in [2.45, 2.75) is 39.3 Å². The minimum Gasteiger partial charge on any atom is -0.346 e. The predicted octanol–water partition coefficient (Wildman–Crippen LogP) is 2.66. The van der Waals surface area contributed by atoms with Crippen molar-refractivity contribution in [2.24, 2.45) is 5.92 Å². The molecule has 0 aliphatic heterocycles. The van der Waals surface area contributed by atoms with Gasteiger partial charge in [0, 0.05) is 30.7 Å². The van der Waals surface area contributed by atoms with Crippen LogP contribution in [0.5, 0.6) is 0 Å². The molecule has 0 aromatic carbocycles. The standard InChI is InChI=1S/C15H20N4/c1-10-14(19-11(2)18-10)9-17-15(12-3-4-12)13-5-7-16-8-6-13/h5-8,12,15,17H,3-4,9H2,1-2H3,(H,18,19). The summed E-state index contributed by atoms with van der Waals surface area (Å²) < 4.78 is 0. The van der Waals surface area contributed by atoms with Gasteiger partial charge in [0.15, 0.2) is 0 Å². The fourth-order valence-corrected chi connectivity index (χ4v) is 2.59. The van der Waals surface area contributed by atoms with Gasteiger partial charge in [0.2, 0.25) is 0 Å². The maximum Gasteiger partial charge on any atom is 0.103 e. The molecule has 4 heteroatoms. The highest BCUT2D eigenvalue weighted by Gasteiger charge is 2.32. The average molecular weight is 256 g/mol. The van der Waals surface area contributed by atoms with Gasteiger partial charge in [-0.1, -0.05) is 0 Å². The summed E-state index contributed by atoms with van der Waals surface area (Å²) in [5, 5.41) is 3.66. The van der Waals surface area contributed by atoms with Crippen LogP contribution in [-0.2, 0) is 6.54 Å². The van der Waals surface area contributed by atoms with Crippen molar-refractivity contribution in [3.63, 3.8) is 0 Å². The molecule has 0 amide bonds. The Kier molecular flexibility index (Phi) is 3.34. The first-order chi connectivity index (χ1) is 9.24. The van der Waals surface area contributed by atoms with Crippen LogP contribution in [0, 0.1) is 19.8 Å². The highest BCUT2D eigenvalue weighted by Crippen LogP contribution is 2.40. The third kappa shape index (κ3) is 2.84. The number of hydrogen-bond acceptors (Lipinski definition) is 3. The van der Waals surface area contributed by atoms with Crippen LogP contribution in [0.4, 0.5) is 0 Å². The van der Waals surface area contributed by atoms with E-state index in [2.05, 4.69) is 39.3 Å².